The minimum atomic E-state index is -0.822. The van der Waals surface area contributed by atoms with E-state index in [1.54, 1.807) is 18.9 Å². The van der Waals surface area contributed by atoms with Crippen molar-refractivity contribution in [2.75, 3.05) is 20.2 Å². The van der Waals surface area contributed by atoms with Crippen LogP contribution in [0.25, 0.3) is 10.8 Å². The molecule has 1 N–H and O–H groups in total. The first-order valence-corrected chi connectivity index (χ1v) is 6.63. The van der Waals surface area contributed by atoms with Gasteiger partial charge in [-0.1, -0.05) is 36.4 Å². The SMILES string of the molecule is CC(C(=O)O)N(C)CCOc1cccc2ccccc12.Cl. The maximum absolute atomic E-state index is 10.9. The Morgan fingerprint density at radius 3 is 2.62 bits per heavy atom. The number of nitrogens with zero attached hydrogens (tertiary/aromatic N) is 1. The van der Waals surface area contributed by atoms with Gasteiger partial charge >= 0.3 is 5.97 Å². The molecule has 1 unspecified atom stereocenters. The topological polar surface area (TPSA) is 49.8 Å². The molecule has 0 bridgehead atoms. The molecule has 2 aromatic rings. The molecule has 0 fully saturated rings. The van der Waals surface area contributed by atoms with Crippen molar-refractivity contribution in [3.05, 3.63) is 42.5 Å². The molecule has 4 nitrogen and oxygen atoms in total. The number of halogens is 1. The van der Waals surface area contributed by atoms with Crippen molar-refractivity contribution in [2.24, 2.45) is 0 Å². The number of rotatable bonds is 6. The smallest absolute Gasteiger partial charge is 0.320 e. The van der Waals surface area contributed by atoms with Crippen LogP contribution in [0.5, 0.6) is 5.75 Å². The Morgan fingerprint density at radius 1 is 1.24 bits per heavy atom. The fraction of sp³-hybridized carbons (Fsp3) is 0.312. The highest BCUT2D eigenvalue weighted by atomic mass is 35.5. The summed E-state index contributed by atoms with van der Waals surface area (Å²) < 4.78 is 5.79. The summed E-state index contributed by atoms with van der Waals surface area (Å²) in [7, 11) is 1.78. The summed E-state index contributed by atoms with van der Waals surface area (Å²) in [4.78, 5) is 12.6. The fourth-order valence-electron chi connectivity index (χ4n) is 2.00. The van der Waals surface area contributed by atoms with Crippen molar-refractivity contribution in [3.8, 4) is 5.75 Å². The number of benzene rings is 2. The highest BCUT2D eigenvalue weighted by molar-refractivity contribution is 5.88. The molecule has 114 valence electrons. The van der Waals surface area contributed by atoms with Gasteiger partial charge in [-0.2, -0.15) is 0 Å². The lowest BCUT2D eigenvalue weighted by atomic mass is 10.1. The molecule has 2 rings (SSSR count). The van der Waals surface area contributed by atoms with Crippen LogP contribution in [-0.2, 0) is 4.79 Å². The predicted octanol–water partition coefficient (Wildman–Crippen LogP) is 3.05. The zero-order valence-corrected chi connectivity index (χ0v) is 13.0. The standard InChI is InChI=1S/C16H19NO3.ClH/c1-12(16(18)19)17(2)10-11-20-15-9-5-7-13-6-3-4-8-14(13)15;/h3-9,12H,10-11H2,1-2H3,(H,18,19);1H. The third kappa shape index (κ3) is 4.34. The number of carboxylic acid groups (broad SMARTS) is 1. The molecule has 0 aliphatic heterocycles. The van der Waals surface area contributed by atoms with Crippen LogP contribution in [0.3, 0.4) is 0 Å². The van der Waals surface area contributed by atoms with Crippen LogP contribution in [0.2, 0.25) is 0 Å². The van der Waals surface area contributed by atoms with Crippen LogP contribution >= 0.6 is 12.4 Å². The lowest BCUT2D eigenvalue weighted by Gasteiger charge is -2.21. The van der Waals surface area contributed by atoms with E-state index in [0.717, 1.165) is 16.5 Å². The third-order valence-corrected chi connectivity index (χ3v) is 3.47. The summed E-state index contributed by atoms with van der Waals surface area (Å²) in [6.45, 7) is 2.69. The van der Waals surface area contributed by atoms with Gasteiger partial charge in [0, 0.05) is 11.9 Å². The van der Waals surface area contributed by atoms with Crippen LogP contribution in [0.4, 0.5) is 0 Å². The Kier molecular flexibility index (Phi) is 6.46. The lowest BCUT2D eigenvalue weighted by Crippen LogP contribution is -2.38. The molecule has 21 heavy (non-hydrogen) atoms. The normalized spacial score (nSPS) is 12.0. The molecule has 0 heterocycles. The van der Waals surface area contributed by atoms with E-state index in [1.807, 2.05) is 42.5 Å². The Balaban J connectivity index is 0.00000220. The van der Waals surface area contributed by atoms with Gasteiger partial charge in [-0.25, -0.2) is 0 Å². The monoisotopic (exact) mass is 309 g/mol. The summed E-state index contributed by atoms with van der Waals surface area (Å²) in [5, 5.41) is 11.1. The van der Waals surface area contributed by atoms with E-state index in [4.69, 9.17) is 9.84 Å². The number of fused-ring (bicyclic) bond motifs is 1. The van der Waals surface area contributed by atoms with Gasteiger partial charge in [-0.05, 0) is 25.4 Å². The largest absolute Gasteiger partial charge is 0.492 e. The molecule has 0 spiro atoms. The first-order chi connectivity index (χ1) is 9.59. The maximum Gasteiger partial charge on any atom is 0.320 e. The number of hydrogen-bond acceptors (Lipinski definition) is 3. The quantitative estimate of drug-likeness (QED) is 0.891. The van der Waals surface area contributed by atoms with Gasteiger partial charge in [0.1, 0.15) is 18.4 Å². The van der Waals surface area contributed by atoms with Crippen molar-refractivity contribution in [2.45, 2.75) is 13.0 Å². The molecule has 0 aliphatic carbocycles. The second kappa shape index (κ2) is 7.86. The van der Waals surface area contributed by atoms with E-state index in [2.05, 4.69) is 0 Å². The van der Waals surface area contributed by atoms with Crippen LogP contribution in [0.15, 0.2) is 42.5 Å². The second-order valence-corrected chi connectivity index (χ2v) is 4.82. The molecule has 0 saturated carbocycles. The number of carboxylic acids is 1. The van der Waals surface area contributed by atoms with Crippen molar-refractivity contribution in [3.63, 3.8) is 0 Å². The van der Waals surface area contributed by atoms with E-state index in [-0.39, 0.29) is 12.4 Å². The zero-order chi connectivity index (χ0) is 14.5. The fourth-order valence-corrected chi connectivity index (χ4v) is 2.00. The number of likely N-dealkylation sites (N-methyl/N-ethyl adjacent to an activating group) is 1. The summed E-state index contributed by atoms with van der Waals surface area (Å²) in [6.07, 6.45) is 0. The Labute approximate surface area is 130 Å². The van der Waals surface area contributed by atoms with Gasteiger partial charge in [0.15, 0.2) is 0 Å². The van der Waals surface area contributed by atoms with E-state index >= 15 is 0 Å². The van der Waals surface area contributed by atoms with E-state index in [9.17, 15) is 4.79 Å². The molecule has 1 atom stereocenters. The third-order valence-electron chi connectivity index (χ3n) is 3.47. The molecule has 0 saturated heterocycles. The van der Waals surface area contributed by atoms with Gasteiger partial charge in [0.25, 0.3) is 0 Å². The Morgan fingerprint density at radius 2 is 1.90 bits per heavy atom. The van der Waals surface area contributed by atoms with Crippen LogP contribution in [0, 0.1) is 0 Å². The van der Waals surface area contributed by atoms with Gasteiger partial charge in [-0.15, -0.1) is 12.4 Å². The Hall–Kier alpha value is -1.78. The van der Waals surface area contributed by atoms with Crippen LogP contribution in [0.1, 0.15) is 6.92 Å². The van der Waals surface area contributed by atoms with Crippen LogP contribution < -0.4 is 4.74 Å². The number of ether oxygens (including phenoxy) is 1. The second-order valence-electron chi connectivity index (χ2n) is 4.82. The van der Waals surface area contributed by atoms with Gasteiger partial charge in [-0.3, -0.25) is 9.69 Å². The van der Waals surface area contributed by atoms with Crippen molar-refractivity contribution >= 4 is 29.1 Å². The zero-order valence-electron chi connectivity index (χ0n) is 12.2. The minimum Gasteiger partial charge on any atom is -0.492 e. The van der Waals surface area contributed by atoms with E-state index in [0.29, 0.717) is 13.2 Å². The molecular weight excluding hydrogens is 290 g/mol. The minimum absolute atomic E-state index is 0. The molecule has 0 aliphatic rings. The summed E-state index contributed by atoms with van der Waals surface area (Å²) in [6, 6.07) is 13.5. The highest BCUT2D eigenvalue weighted by Crippen LogP contribution is 2.24. The van der Waals surface area contributed by atoms with Gasteiger partial charge < -0.3 is 9.84 Å². The summed E-state index contributed by atoms with van der Waals surface area (Å²) in [5.74, 6) is 0.0112. The molecular formula is C16H20ClNO3. The summed E-state index contributed by atoms with van der Waals surface area (Å²) >= 11 is 0. The number of aliphatic carboxylic acids is 1. The van der Waals surface area contributed by atoms with Crippen molar-refractivity contribution in [1.29, 1.82) is 0 Å². The van der Waals surface area contributed by atoms with Gasteiger partial charge in [0.05, 0.1) is 0 Å². The van der Waals surface area contributed by atoms with Crippen molar-refractivity contribution < 1.29 is 14.6 Å². The number of hydrogen-bond donors (Lipinski definition) is 1. The molecule has 0 aromatic heterocycles. The number of carbonyl (C=O) groups is 1. The molecule has 0 radical (unpaired) electrons. The maximum atomic E-state index is 10.9. The average molecular weight is 310 g/mol. The van der Waals surface area contributed by atoms with E-state index < -0.39 is 12.0 Å². The van der Waals surface area contributed by atoms with Gasteiger partial charge in [0.2, 0.25) is 0 Å². The summed E-state index contributed by atoms with van der Waals surface area (Å²) in [5.41, 5.74) is 0. The Bertz CT molecular complexity index is 598. The van der Waals surface area contributed by atoms with Crippen LogP contribution in [-0.4, -0.2) is 42.2 Å². The first-order valence-electron chi connectivity index (χ1n) is 6.63. The highest BCUT2D eigenvalue weighted by Gasteiger charge is 2.16. The first kappa shape index (κ1) is 17.3. The lowest BCUT2D eigenvalue weighted by molar-refractivity contribution is -0.142. The molecule has 0 amide bonds. The van der Waals surface area contributed by atoms with E-state index in [1.165, 1.54) is 0 Å². The molecule has 2 aromatic carbocycles. The van der Waals surface area contributed by atoms with Crippen molar-refractivity contribution in [1.82, 2.24) is 4.90 Å². The predicted molar refractivity (Wildman–Crippen MR) is 86.4 cm³/mol. The average Bonchev–Trinajstić information content (AvgIpc) is 2.46. The molecule has 5 heteroatoms.